The summed E-state index contributed by atoms with van der Waals surface area (Å²) in [4.78, 5) is 31.5. The number of allylic oxidation sites excluding steroid dienone is 2. The number of aromatic nitrogens is 1. The van der Waals surface area contributed by atoms with Gasteiger partial charge in [0.05, 0.1) is 36.4 Å². The predicted octanol–water partition coefficient (Wildman–Crippen LogP) is 4.66. The number of nitrogens with one attached hydrogen (secondary N) is 1. The van der Waals surface area contributed by atoms with Crippen LogP contribution in [0.5, 0.6) is 0 Å². The van der Waals surface area contributed by atoms with Gasteiger partial charge in [-0.25, -0.2) is 9.59 Å². The van der Waals surface area contributed by atoms with Crippen LogP contribution in [0.2, 0.25) is 0 Å². The Morgan fingerprint density at radius 1 is 1.11 bits per heavy atom. The number of ether oxygens (including phenoxy) is 2. The molecule has 2 N–H and O–H groups in total. The van der Waals surface area contributed by atoms with Crippen molar-refractivity contribution in [3.63, 3.8) is 0 Å². The summed E-state index contributed by atoms with van der Waals surface area (Å²) in [5.41, 5.74) is 3.47. The van der Waals surface area contributed by atoms with E-state index in [0.717, 1.165) is 10.5 Å². The van der Waals surface area contributed by atoms with Gasteiger partial charge in [-0.3, -0.25) is 4.98 Å². The highest BCUT2D eigenvalue weighted by Crippen LogP contribution is 2.41. The number of thioether (sulfide) groups is 1. The van der Waals surface area contributed by atoms with Gasteiger partial charge in [0, 0.05) is 28.7 Å². The molecular weight excluding hydrogens is 464 g/mol. The lowest BCUT2D eigenvalue weighted by molar-refractivity contribution is -0.139. The first-order chi connectivity index (χ1) is 16.9. The molecule has 0 bridgehead atoms. The number of hydrogen-bond donors (Lipinski definition) is 2. The summed E-state index contributed by atoms with van der Waals surface area (Å²) < 4.78 is 10.8. The Balaban J connectivity index is 2.09. The standard InChI is InChI=1S/C27H32N2O5S/c1-5-33-26(31)23-17(3)29-21(12-13-22(30)19-10-8-14-28-16-19)25(27(32)34-6-2)24(23)18-9-7-11-20(15-18)35-4/h7-11,14-16,22,24,29-30H,5-6,12-13H2,1-4H3. The van der Waals surface area contributed by atoms with Crippen molar-refractivity contribution in [1.29, 1.82) is 0 Å². The number of rotatable bonds is 10. The van der Waals surface area contributed by atoms with Gasteiger partial charge < -0.3 is 19.9 Å². The van der Waals surface area contributed by atoms with Crippen LogP contribution in [-0.2, 0) is 19.1 Å². The molecule has 0 saturated carbocycles. The lowest BCUT2D eigenvalue weighted by atomic mass is 9.79. The molecule has 8 heteroatoms. The van der Waals surface area contributed by atoms with Crippen LogP contribution in [0.15, 0.2) is 76.2 Å². The second kappa shape index (κ2) is 12.6. The summed E-state index contributed by atoms with van der Waals surface area (Å²) in [5.74, 6) is -1.64. The van der Waals surface area contributed by atoms with Crippen LogP contribution in [-0.4, -0.2) is 41.5 Å². The SMILES string of the molecule is CCOC(=O)C1=C(C)NC(CCC(O)c2cccnc2)=C(C(=O)OCC)C1c1cccc(SC)c1. The molecule has 2 aromatic rings. The van der Waals surface area contributed by atoms with Gasteiger partial charge >= 0.3 is 11.9 Å². The van der Waals surface area contributed by atoms with E-state index >= 15 is 0 Å². The lowest BCUT2D eigenvalue weighted by Crippen LogP contribution is -2.33. The molecule has 0 radical (unpaired) electrons. The number of aliphatic hydroxyl groups is 1. The van der Waals surface area contributed by atoms with E-state index in [4.69, 9.17) is 9.47 Å². The van der Waals surface area contributed by atoms with Gasteiger partial charge in [-0.2, -0.15) is 0 Å². The molecule has 0 spiro atoms. The number of dihydropyridines is 1. The molecule has 0 saturated heterocycles. The van der Waals surface area contributed by atoms with Gasteiger partial charge in [0.15, 0.2) is 0 Å². The average Bonchev–Trinajstić information content (AvgIpc) is 2.87. The zero-order valence-electron chi connectivity index (χ0n) is 20.5. The van der Waals surface area contributed by atoms with E-state index in [2.05, 4.69) is 10.3 Å². The zero-order valence-corrected chi connectivity index (χ0v) is 21.4. The van der Waals surface area contributed by atoms with Crippen LogP contribution in [0.25, 0.3) is 0 Å². The fourth-order valence-corrected chi connectivity index (χ4v) is 4.67. The van der Waals surface area contributed by atoms with Crippen molar-refractivity contribution in [3.05, 3.63) is 82.5 Å². The Kier molecular flexibility index (Phi) is 9.51. The van der Waals surface area contributed by atoms with Crippen LogP contribution in [0, 0.1) is 0 Å². The first-order valence-corrected chi connectivity index (χ1v) is 12.9. The second-order valence-electron chi connectivity index (χ2n) is 8.05. The molecule has 0 aliphatic carbocycles. The number of nitrogens with zero attached hydrogens (tertiary/aromatic N) is 1. The van der Waals surface area contributed by atoms with Gasteiger partial charge in [-0.05, 0) is 69.2 Å². The van der Waals surface area contributed by atoms with Crippen LogP contribution < -0.4 is 5.32 Å². The molecule has 7 nitrogen and oxygen atoms in total. The molecule has 1 aromatic heterocycles. The Bertz CT molecular complexity index is 1110. The normalized spacial score (nSPS) is 16.5. The summed E-state index contributed by atoms with van der Waals surface area (Å²) in [7, 11) is 0. The Morgan fingerprint density at radius 3 is 2.46 bits per heavy atom. The molecule has 2 heterocycles. The largest absolute Gasteiger partial charge is 0.463 e. The highest BCUT2D eigenvalue weighted by Gasteiger charge is 2.39. The third-order valence-electron chi connectivity index (χ3n) is 5.80. The van der Waals surface area contributed by atoms with Crippen molar-refractivity contribution >= 4 is 23.7 Å². The molecule has 186 valence electrons. The minimum atomic E-state index is -0.754. The smallest absolute Gasteiger partial charge is 0.336 e. The van der Waals surface area contributed by atoms with E-state index in [9.17, 15) is 14.7 Å². The molecule has 1 aromatic carbocycles. The van der Waals surface area contributed by atoms with Crippen LogP contribution in [0.3, 0.4) is 0 Å². The molecule has 2 unspecified atom stereocenters. The zero-order chi connectivity index (χ0) is 25.4. The summed E-state index contributed by atoms with van der Waals surface area (Å²) in [5, 5.41) is 14.0. The number of esters is 2. The molecule has 1 aliphatic heterocycles. The second-order valence-corrected chi connectivity index (χ2v) is 8.93. The molecular formula is C27H32N2O5S. The third-order valence-corrected chi connectivity index (χ3v) is 6.52. The number of hydrogen-bond acceptors (Lipinski definition) is 8. The Morgan fingerprint density at radius 2 is 1.83 bits per heavy atom. The van der Waals surface area contributed by atoms with Crippen molar-refractivity contribution in [1.82, 2.24) is 10.3 Å². The minimum Gasteiger partial charge on any atom is -0.463 e. The number of carbonyl (C=O) groups excluding carboxylic acids is 2. The summed E-state index contributed by atoms with van der Waals surface area (Å²) in [6.07, 6.45) is 5.23. The maximum atomic E-state index is 13.3. The van der Waals surface area contributed by atoms with Gasteiger partial charge in [-0.15, -0.1) is 11.8 Å². The van der Waals surface area contributed by atoms with Crippen molar-refractivity contribution in [2.45, 2.75) is 50.5 Å². The lowest BCUT2D eigenvalue weighted by Gasteiger charge is -2.32. The van der Waals surface area contributed by atoms with Gasteiger partial charge in [0.1, 0.15) is 0 Å². The van der Waals surface area contributed by atoms with Gasteiger partial charge in [0.25, 0.3) is 0 Å². The van der Waals surface area contributed by atoms with Gasteiger partial charge in [-0.1, -0.05) is 18.2 Å². The van der Waals surface area contributed by atoms with E-state index in [-0.39, 0.29) is 13.2 Å². The van der Waals surface area contributed by atoms with E-state index in [1.54, 1.807) is 51.0 Å². The van der Waals surface area contributed by atoms with Crippen molar-refractivity contribution in [2.24, 2.45) is 0 Å². The van der Waals surface area contributed by atoms with E-state index in [1.165, 1.54) is 0 Å². The first kappa shape index (κ1) is 26.5. The molecule has 3 rings (SSSR count). The van der Waals surface area contributed by atoms with Crippen molar-refractivity contribution < 1.29 is 24.2 Å². The summed E-state index contributed by atoms with van der Waals surface area (Å²) >= 11 is 1.58. The molecule has 0 amide bonds. The monoisotopic (exact) mass is 496 g/mol. The van der Waals surface area contributed by atoms with Gasteiger partial charge in [0.2, 0.25) is 0 Å². The predicted molar refractivity (Wildman–Crippen MR) is 136 cm³/mol. The molecule has 2 atom stereocenters. The van der Waals surface area contributed by atoms with E-state index < -0.39 is 24.0 Å². The van der Waals surface area contributed by atoms with Crippen molar-refractivity contribution in [2.75, 3.05) is 19.5 Å². The number of aliphatic hydroxyl groups excluding tert-OH is 1. The van der Waals surface area contributed by atoms with Crippen molar-refractivity contribution in [3.8, 4) is 0 Å². The Hall–Kier alpha value is -3.10. The van der Waals surface area contributed by atoms with Crippen LogP contribution in [0.1, 0.15) is 56.8 Å². The number of carbonyl (C=O) groups is 2. The third kappa shape index (κ3) is 6.32. The first-order valence-electron chi connectivity index (χ1n) is 11.7. The van der Waals surface area contributed by atoms with Crippen LogP contribution >= 0.6 is 11.8 Å². The minimum absolute atomic E-state index is 0.197. The quantitative estimate of drug-likeness (QED) is 0.362. The maximum absolute atomic E-state index is 13.3. The average molecular weight is 497 g/mol. The Labute approximate surface area is 210 Å². The molecule has 35 heavy (non-hydrogen) atoms. The number of pyridine rings is 1. The fourth-order valence-electron chi connectivity index (χ4n) is 4.20. The van der Waals surface area contributed by atoms with Crippen LogP contribution in [0.4, 0.5) is 0 Å². The van der Waals surface area contributed by atoms with E-state index in [1.807, 2.05) is 36.6 Å². The highest BCUT2D eigenvalue weighted by atomic mass is 32.2. The topological polar surface area (TPSA) is 97.8 Å². The highest BCUT2D eigenvalue weighted by molar-refractivity contribution is 7.98. The summed E-state index contributed by atoms with van der Waals surface area (Å²) in [6.45, 7) is 5.72. The number of benzene rings is 1. The molecule has 1 aliphatic rings. The summed E-state index contributed by atoms with van der Waals surface area (Å²) in [6, 6.07) is 11.4. The fraction of sp³-hybridized carbons (Fsp3) is 0.370. The van der Waals surface area contributed by atoms with E-state index in [0.29, 0.717) is 40.9 Å². The maximum Gasteiger partial charge on any atom is 0.336 e. The molecule has 0 fully saturated rings.